The Labute approximate surface area is 142 Å². The monoisotopic (exact) mass is 340 g/mol. The molecule has 0 bridgehead atoms. The van der Waals surface area contributed by atoms with E-state index in [1.54, 1.807) is 18.3 Å². The molecule has 0 atom stereocenters. The molecule has 1 N–H and O–H groups in total. The second kappa shape index (κ2) is 6.24. The molecule has 0 saturated heterocycles. The summed E-state index contributed by atoms with van der Waals surface area (Å²) in [4.78, 5) is 8.02. The summed E-state index contributed by atoms with van der Waals surface area (Å²) in [5, 5.41) is 1.05. The van der Waals surface area contributed by atoms with E-state index in [0.717, 1.165) is 27.9 Å². The smallest absolute Gasteiger partial charge is 0.175 e. The van der Waals surface area contributed by atoms with Gasteiger partial charge in [0.2, 0.25) is 0 Å². The second-order valence-electron chi connectivity index (χ2n) is 6.25. The molecule has 0 saturated carbocycles. The van der Waals surface area contributed by atoms with Gasteiger partial charge in [-0.05, 0) is 41.8 Å². The Bertz CT molecular complexity index is 964. The van der Waals surface area contributed by atoms with Gasteiger partial charge in [-0.1, -0.05) is 32.1 Å². The van der Waals surface area contributed by atoms with Crippen LogP contribution in [0.4, 0.5) is 0 Å². The molecule has 0 amide bonds. The third kappa shape index (κ3) is 3.41. The second-order valence-corrected chi connectivity index (χ2v) is 8.26. The van der Waals surface area contributed by atoms with Crippen molar-refractivity contribution in [3.8, 4) is 0 Å². The lowest BCUT2D eigenvalue weighted by Gasteiger charge is -2.09. The largest absolute Gasteiger partial charge is 0.339 e. The highest BCUT2D eigenvalue weighted by Gasteiger charge is 2.12. The summed E-state index contributed by atoms with van der Waals surface area (Å²) in [6.07, 6.45) is 5.14. The van der Waals surface area contributed by atoms with Crippen molar-refractivity contribution in [2.75, 3.05) is 6.26 Å². The number of aromatic amines is 1. The van der Waals surface area contributed by atoms with Gasteiger partial charge in [0.15, 0.2) is 9.84 Å². The van der Waals surface area contributed by atoms with Crippen LogP contribution < -0.4 is 0 Å². The average molecular weight is 340 g/mol. The lowest BCUT2D eigenvalue weighted by Crippen LogP contribution is -1.98. The van der Waals surface area contributed by atoms with E-state index in [1.165, 1.54) is 6.26 Å². The van der Waals surface area contributed by atoms with Gasteiger partial charge in [0, 0.05) is 29.1 Å². The number of nitrogens with one attached hydrogen (secondary N) is 1. The van der Waals surface area contributed by atoms with Gasteiger partial charge < -0.3 is 4.98 Å². The SMILES string of the molecule is CC(C)C=C(c1ccc(S(C)(=O)=O)cc1)c1cc2cccnc2[nH]1. The highest BCUT2D eigenvalue weighted by molar-refractivity contribution is 7.90. The minimum atomic E-state index is -3.19. The first-order chi connectivity index (χ1) is 11.3. The van der Waals surface area contributed by atoms with Crippen molar-refractivity contribution in [2.45, 2.75) is 18.7 Å². The van der Waals surface area contributed by atoms with Crippen LogP contribution in [0.2, 0.25) is 0 Å². The van der Waals surface area contributed by atoms with Gasteiger partial charge in [-0.15, -0.1) is 0 Å². The maximum Gasteiger partial charge on any atom is 0.175 e. The van der Waals surface area contributed by atoms with E-state index in [2.05, 4.69) is 36.0 Å². The molecule has 0 radical (unpaired) electrons. The number of H-pyrrole nitrogens is 1. The number of allylic oxidation sites excluding steroid dienone is 1. The van der Waals surface area contributed by atoms with Crippen LogP contribution in [0.25, 0.3) is 16.6 Å². The Morgan fingerprint density at radius 3 is 2.46 bits per heavy atom. The van der Waals surface area contributed by atoms with Gasteiger partial charge in [-0.3, -0.25) is 0 Å². The van der Waals surface area contributed by atoms with Crippen LogP contribution in [0.5, 0.6) is 0 Å². The van der Waals surface area contributed by atoms with Gasteiger partial charge in [-0.2, -0.15) is 0 Å². The van der Waals surface area contributed by atoms with Crippen LogP contribution in [0, 0.1) is 5.92 Å². The van der Waals surface area contributed by atoms with Crippen molar-refractivity contribution >= 4 is 26.4 Å². The first-order valence-electron chi connectivity index (χ1n) is 7.81. The summed E-state index contributed by atoms with van der Waals surface area (Å²) in [6.45, 7) is 4.23. The number of fused-ring (bicyclic) bond motifs is 1. The third-order valence-electron chi connectivity index (χ3n) is 3.78. The highest BCUT2D eigenvalue weighted by Crippen LogP contribution is 2.28. The zero-order valence-electron chi connectivity index (χ0n) is 13.9. The van der Waals surface area contributed by atoms with Crippen molar-refractivity contribution in [3.05, 3.63) is 66.0 Å². The first kappa shape index (κ1) is 16.5. The maximum atomic E-state index is 11.7. The molecule has 2 aromatic heterocycles. The molecule has 4 nitrogen and oxygen atoms in total. The molecule has 0 aliphatic carbocycles. The first-order valence-corrected chi connectivity index (χ1v) is 9.70. The fourth-order valence-corrected chi connectivity index (χ4v) is 3.29. The van der Waals surface area contributed by atoms with Gasteiger partial charge in [0.25, 0.3) is 0 Å². The highest BCUT2D eigenvalue weighted by atomic mass is 32.2. The van der Waals surface area contributed by atoms with E-state index in [9.17, 15) is 8.42 Å². The molecule has 0 aliphatic heterocycles. The predicted octanol–water partition coefficient (Wildman–Crippen LogP) is 4.05. The van der Waals surface area contributed by atoms with E-state index in [0.29, 0.717) is 10.8 Å². The van der Waals surface area contributed by atoms with Crippen molar-refractivity contribution in [2.24, 2.45) is 5.92 Å². The van der Waals surface area contributed by atoms with E-state index >= 15 is 0 Å². The Balaban J connectivity index is 2.10. The van der Waals surface area contributed by atoms with Crippen molar-refractivity contribution in [1.82, 2.24) is 9.97 Å². The summed E-state index contributed by atoms with van der Waals surface area (Å²) >= 11 is 0. The lowest BCUT2D eigenvalue weighted by molar-refractivity contribution is 0.602. The molecule has 124 valence electrons. The topological polar surface area (TPSA) is 62.8 Å². The number of nitrogens with zero attached hydrogens (tertiary/aromatic N) is 1. The number of rotatable bonds is 4. The van der Waals surface area contributed by atoms with Crippen molar-refractivity contribution < 1.29 is 8.42 Å². The Kier molecular flexibility index (Phi) is 4.28. The summed E-state index contributed by atoms with van der Waals surface area (Å²) in [5.74, 6) is 0.356. The minimum absolute atomic E-state index is 0.327. The van der Waals surface area contributed by atoms with Crippen molar-refractivity contribution in [3.63, 3.8) is 0 Å². The van der Waals surface area contributed by atoms with Crippen LogP contribution in [-0.2, 0) is 9.84 Å². The Hall–Kier alpha value is -2.40. The third-order valence-corrected chi connectivity index (χ3v) is 4.90. The van der Waals surface area contributed by atoms with Gasteiger partial charge in [0.1, 0.15) is 5.65 Å². The van der Waals surface area contributed by atoms with E-state index in [4.69, 9.17) is 0 Å². The van der Waals surface area contributed by atoms with E-state index in [1.807, 2.05) is 24.3 Å². The molecule has 0 unspecified atom stereocenters. The van der Waals surface area contributed by atoms with Gasteiger partial charge in [0.05, 0.1) is 4.90 Å². The number of hydrogen-bond acceptors (Lipinski definition) is 3. The fraction of sp³-hybridized carbons (Fsp3) is 0.211. The minimum Gasteiger partial charge on any atom is -0.339 e. The molecule has 3 aromatic rings. The zero-order valence-corrected chi connectivity index (χ0v) is 14.8. The standard InChI is InChI=1S/C19H20N2O2S/c1-13(2)11-17(14-6-8-16(9-7-14)24(3,22)23)18-12-15-5-4-10-20-19(15)21-18/h4-13H,1-3H3,(H,20,21). The number of sulfone groups is 1. The molecule has 3 rings (SSSR count). The maximum absolute atomic E-state index is 11.7. The summed E-state index contributed by atoms with van der Waals surface area (Å²) in [6, 6.07) is 13.0. The summed E-state index contributed by atoms with van der Waals surface area (Å²) in [5.41, 5.74) is 3.84. The number of benzene rings is 1. The van der Waals surface area contributed by atoms with Crippen LogP contribution in [0.1, 0.15) is 25.1 Å². The molecule has 24 heavy (non-hydrogen) atoms. The molecule has 0 fully saturated rings. The van der Waals surface area contributed by atoms with Gasteiger partial charge in [-0.25, -0.2) is 13.4 Å². The normalized spacial score (nSPS) is 12.9. The van der Waals surface area contributed by atoms with E-state index < -0.39 is 9.84 Å². The Morgan fingerprint density at radius 2 is 1.88 bits per heavy atom. The van der Waals surface area contributed by atoms with Gasteiger partial charge >= 0.3 is 0 Å². The number of pyridine rings is 1. The lowest BCUT2D eigenvalue weighted by atomic mass is 9.99. The number of hydrogen-bond donors (Lipinski definition) is 1. The summed E-state index contributed by atoms with van der Waals surface area (Å²) in [7, 11) is -3.19. The molecule has 5 heteroatoms. The average Bonchev–Trinajstić information content (AvgIpc) is 2.95. The number of aromatic nitrogens is 2. The quantitative estimate of drug-likeness (QED) is 0.779. The molecule has 2 heterocycles. The zero-order chi connectivity index (χ0) is 17.3. The molecule has 1 aromatic carbocycles. The van der Waals surface area contributed by atoms with Crippen LogP contribution in [-0.4, -0.2) is 24.6 Å². The molecule has 0 spiro atoms. The van der Waals surface area contributed by atoms with Crippen molar-refractivity contribution in [1.29, 1.82) is 0 Å². The predicted molar refractivity (Wildman–Crippen MR) is 97.6 cm³/mol. The summed E-state index contributed by atoms with van der Waals surface area (Å²) < 4.78 is 23.3. The van der Waals surface area contributed by atoms with Crippen LogP contribution in [0.15, 0.2) is 59.6 Å². The van der Waals surface area contributed by atoms with E-state index in [-0.39, 0.29) is 0 Å². The Morgan fingerprint density at radius 1 is 1.17 bits per heavy atom. The fourth-order valence-electron chi connectivity index (χ4n) is 2.66. The molecular weight excluding hydrogens is 320 g/mol. The molecular formula is C19H20N2O2S. The van der Waals surface area contributed by atoms with Crippen LogP contribution in [0.3, 0.4) is 0 Å². The van der Waals surface area contributed by atoms with Crippen LogP contribution >= 0.6 is 0 Å². The molecule has 0 aliphatic rings.